The summed E-state index contributed by atoms with van der Waals surface area (Å²) in [7, 11) is 0. The molecule has 1 aliphatic heterocycles. The van der Waals surface area contributed by atoms with Gasteiger partial charge in [0.15, 0.2) is 5.11 Å². The van der Waals surface area contributed by atoms with Crippen molar-refractivity contribution in [2.75, 3.05) is 18.1 Å². The van der Waals surface area contributed by atoms with Crippen molar-refractivity contribution < 1.29 is 9.53 Å². The van der Waals surface area contributed by atoms with E-state index in [0.29, 0.717) is 11.7 Å². The molecule has 0 bridgehead atoms. The van der Waals surface area contributed by atoms with Crippen LogP contribution in [-0.4, -0.2) is 24.2 Å². The zero-order chi connectivity index (χ0) is 14.5. The normalized spacial score (nSPS) is 18.9. The number of benzene rings is 1. The van der Waals surface area contributed by atoms with Crippen LogP contribution in [0.2, 0.25) is 0 Å². The number of carbonyl (C=O) groups excluding carboxylic acids is 1. The largest absolute Gasteiger partial charge is 0.494 e. The maximum atomic E-state index is 12.2. The highest BCUT2D eigenvalue weighted by atomic mass is 32.1. The molecule has 1 amide bonds. The summed E-state index contributed by atoms with van der Waals surface area (Å²) in [5, 5.41) is 3.54. The first kappa shape index (κ1) is 14.8. The van der Waals surface area contributed by atoms with E-state index in [1.165, 1.54) is 0 Å². The number of amides is 1. The van der Waals surface area contributed by atoms with E-state index in [9.17, 15) is 4.79 Å². The van der Waals surface area contributed by atoms with Gasteiger partial charge in [-0.15, -0.1) is 0 Å². The number of carbonyl (C=O) groups is 1. The van der Waals surface area contributed by atoms with Crippen LogP contribution in [-0.2, 0) is 4.79 Å². The molecule has 1 saturated heterocycles. The average molecular weight is 292 g/mol. The molecule has 0 saturated carbocycles. The van der Waals surface area contributed by atoms with Crippen molar-refractivity contribution in [3.05, 3.63) is 24.3 Å². The van der Waals surface area contributed by atoms with Gasteiger partial charge in [-0.2, -0.15) is 0 Å². The van der Waals surface area contributed by atoms with Crippen LogP contribution >= 0.6 is 12.2 Å². The summed E-state index contributed by atoms with van der Waals surface area (Å²) in [6, 6.07) is 7.48. The van der Waals surface area contributed by atoms with Gasteiger partial charge in [-0.3, -0.25) is 9.69 Å². The van der Waals surface area contributed by atoms with E-state index in [1.807, 2.05) is 31.2 Å². The van der Waals surface area contributed by atoms with E-state index in [-0.39, 0.29) is 11.8 Å². The number of hydrogen-bond donors (Lipinski definition) is 1. The fourth-order valence-electron chi connectivity index (χ4n) is 2.00. The standard InChI is InChI=1S/C15H20N2O2S/c1-3-4-9-19-13-7-5-12(6-8-13)17-14(18)11(2)10-16-15(17)20/h5-8,11H,3-4,9-10H2,1-2H3,(H,16,20)/t11-/m0/s1. The van der Waals surface area contributed by atoms with Crippen molar-refractivity contribution >= 4 is 28.9 Å². The predicted octanol–water partition coefficient (Wildman–Crippen LogP) is 2.72. The first-order valence-electron chi connectivity index (χ1n) is 6.98. The van der Waals surface area contributed by atoms with Crippen LogP contribution in [0.1, 0.15) is 26.7 Å². The lowest BCUT2D eigenvalue weighted by Gasteiger charge is -2.32. The average Bonchev–Trinajstić information content (AvgIpc) is 2.45. The van der Waals surface area contributed by atoms with E-state index in [2.05, 4.69) is 12.2 Å². The summed E-state index contributed by atoms with van der Waals surface area (Å²) >= 11 is 5.22. The molecule has 0 aromatic heterocycles. The molecule has 1 aromatic carbocycles. The number of hydrogen-bond acceptors (Lipinski definition) is 3. The molecule has 0 aliphatic carbocycles. The van der Waals surface area contributed by atoms with Gasteiger partial charge in [-0.05, 0) is 42.9 Å². The molecule has 1 atom stereocenters. The highest BCUT2D eigenvalue weighted by Gasteiger charge is 2.29. The van der Waals surface area contributed by atoms with Crippen molar-refractivity contribution in [1.82, 2.24) is 5.32 Å². The Kier molecular flexibility index (Phi) is 4.95. The van der Waals surface area contributed by atoms with Gasteiger partial charge in [0.2, 0.25) is 5.91 Å². The van der Waals surface area contributed by atoms with Crippen molar-refractivity contribution in [3.63, 3.8) is 0 Å². The Labute approximate surface area is 125 Å². The van der Waals surface area contributed by atoms with Crippen LogP contribution in [0.3, 0.4) is 0 Å². The van der Waals surface area contributed by atoms with Crippen molar-refractivity contribution in [2.24, 2.45) is 5.92 Å². The van der Waals surface area contributed by atoms with Gasteiger partial charge in [0.25, 0.3) is 0 Å². The van der Waals surface area contributed by atoms with Crippen LogP contribution in [0.5, 0.6) is 5.75 Å². The molecule has 0 unspecified atom stereocenters. The Morgan fingerprint density at radius 2 is 2.10 bits per heavy atom. The Morgan fingerprint density at radius 1 is 1.40 bits per heavy atom. The summed E-state index contributed by atoms with van der Waals surface area (Å²) in [6.45, 7) is 5.34. The van der Waals surface area contributed by atoms with Crippen LogP contribution in [0, 0.1) is 5.92 Å². The molecule has 2 rings (SSSR count). The van der Waals surface area contributed by atoms with Crippen molar-refractivity contribution in [3.8, 4) is 5.75 Å². The number of rotatable bonds is 5. The highest BCUT2D eigenvalue weighted by molar-refractivity contribution is 7.80. The van der Waals surface area contributed by atoms with Crippen LogP contribution in [0.4, 0.5) is 5.69 Å². The molecule has 1 aromatic rings. The molecular formula is C15H20N2O2S. The van der Waals surface area contributed by atoms with Gasteiger partial charge in [0, 0.05) is 6.54 Å². The van der Waals surface area contributed by atoms with Gasteiger partial charge < -0.3 is 10.1 Å². The Hall–Kier alpha value is -1.62. The van der Waals surface area contributed by atoms with E-state index >= 15 is 0 Å². The first-order valence-corrected chi connectivity index (χ1v) is 7.39. The minimum absolute atomic E-state index is 0.0356. The zero-order valence-corrected chi connectivity index (χ0v) is 12.7. The molecule has 1 fully saturated rings. The molecule has 1 heterocycles. The third kappa shape index (κ3) is 3.28. The van der Waals surface area contributed by atoms with E-state index in [4.69, 9.17) is 17.0 Å². The quantitative estimate of drug-likeness (QED) is 0.669. The maximum absolute atomic E-state index is 12.2. The predicted molar refractivity (Wildman–Crippen MR) is 84.1 cm³/mol. The van der Waals surface area contributed by atoms with Gasteiger partial charge in [-0.25, -0.2) is 0 Å². The van der Waals surface area contributed by atoms with E-state index in [0.717, 1.165) is 30.9 Å². The van der Waals surface area contributed by atoms with Gasteiger partial charge in [0.05, 0.1) is 18.2 Å². The molecule has 1 N–H and O–H groups in total. The number of ether oxygens (including phenoxy) is 1. The summed E-state index contributed by atoms with van der Waals surface area (Å²) < 4.78 is 5.61. The van der Waals surface area contributed by atoms with Gasteiger partial charge in [0.1, 0.15) is 5.75 Å². The minimum Gasteiger partial charge on any atom is -0.494 e. The Bertz CT molecular complexity index is 487. The third-order valence-electron chi connectivity index (χ3n) is 3.27. The molecule has 0 radical (unpaired) electrons. The SMILES string of the molecule is CCCCOc1ccc(N2C(=O)[C@@H](C)CNC2=S)cc1. The molecule has 1 aliphatic rings. The third-order valence-corrected chi connectivity index (χ3v) is 3.59. The highest BCUT2D eigenvalue weighted by Crippen LogP contribution is 2.23. The number of nitrogens with zero attached hydrogens (tertiary/aromatic N) is 1. The number of thiocarbonyl (C=S) groups is 1. The zero-order valence-electron chi connectivity index (χ0n) is 11.9. The summed E-state index contributed by atoms with van der Waals surface area (Å²) in [6.07, 6.45) is 2.15. The van der Waals surface area contributed by atoms with Gasteiger partial charge in [-0.1, -0.05) is 20.3 Å². The molecule has 20 heavy (non-hydrogen) atoms. The minimum atomic E-state index is -0.0674. The molecule has 4 nitrogen and oxygen atoms in total. The topological polar surface area (TPSA) is 41.6 Å². The fourth-order valence-corrected chi connectivity index (χ4v) is 2.28. The second-order valence-electron chi connectivity index (χ2n) is 4.96. The van der Waals surface area contributed by atoms with E-state index in [1.54, 1.807) is 4.90 Å². The smallest absolute Gasteiger partial charge is 0.237 e. The molecular weight excluding hydrogens is 272 g/mol. The summed E-state index contributed by atoms with van der Waals surface area (Å²) in [4.78, 5) is 13.8. The Morgan fingerprint density at radius 3 is 2.75 bits per heavy atom. The summed E-state index contributed by atoms with van der Waals surface area (Å²) in [5.41, 5.74) is 0.780. The second kappa shape index (κ2) is 6.70. The van der Waals surface area contributed by atoms with Gasteiger partial charge >= 0.3 is 0 Å². The monoisotopic (exact) mass is 292 g/mol. The number of unbranched alkanes of at least 4 members (excludes halogenated alkanes) is 1. The van der Waals surface area contributed by atoms with Crippen LogP contribution in [0.15, 0.2) is 24.3 Å². The number of nitrogens with one attached hydrogen (secondary N) is 1. The Balaban J connectivity index is 2.08. The van der Waals surface area contributed by atoms with Crippen molar-refractivity contribution in [2.45, 2.75) is 26.7 Å². The molecule has 0 spiro atoms. The van der Waals surface area contributed by atoms with Crippen LogP contribution < -0.4 is 15.0 Å². The molecule has 5 heteroatoms. The van der Waals surface area contributed by atoms with E-state index < -0.39 is 0 Å². The molecule has 108 valence electrons. The first-order chi connectivity index (χ1) is 9.63. The summed E-state index contributed by atoms with van der Waals surface area (Å²) in [5.74, 6) is 0.786. The van der Waals surface area contributed by atoms with Crippen LogP contribution in [0.25, 0.3) is 0 Å². The lowest BCUT2D eigenvalue weighted by Crippen LogP contribution is -2.54. The lowest BCUT2D eigenvalue weighted by molar-refractivity contribution is -0.121. The number of anilines is 1. The maximum Gasteiger partial charge on any atom is 0.237 e. The fraction of sp³-hybridized carbons (Fsp3) is 0.467. The second-order valence-corrected chi connectivity index (χ2v) is 5.34. The lowest BCUT2D eigenvalue weighted by atomic mass is 10.1. The van der Waals surface area contributed by atoms with Crippen molar-refractivity contribution in [1.29, 1.82) is 0 Å².